The van der Waals surface area contributed by atoms with Crippen molar-refractivity contribution < 1.29 is 9.53 Å². The predicted octanol–water partition coefficient (Wildman–Crippen LogP) is 6.03. The SMILES string of the molecule is CCC(OC(=O)C(C)(C)C)c1ccccc2ccc(CC(C)C)c1-2. The molecule has 24 heavy (non-hydrogen) atoms. The highest BCUT2D eigenvalue weighted by atomic mass is 16.5. The van der Waals surface area contributed by atoms with Gasteiger partial charge >= 0.3 is 5.97 Å². The fourth-order valence-electron chi connectivity index (χ4n) is 2.99. The van der Waals surface area contributed by atoms with E-state index in [4.69, 9.17) is 4.74 Å². The van der Waals surface area contributed by atoms with Gasteiger partial charge in [0.2, 0.25) is 0 Å². The quantitative estimate of drug-likeness (QED) is 0.627. The first-order chi connectivity index (χ1) is 11.2. The summed E-state index contributed by atoms with van der Waals surface area (Å²) in [6, 6.07) is 12.7. The number of esters is 1. The average Bonchev–Trinajstić information content (AvgIpc) is 2.74. The summed E-state index contributed by atoms with van der Waals surface area (Å²) in [6.45, 7) is 12.2. The van der Waals surface area contributed by atoms with Crippen molar-refractivity contribution in [1.29, 1.82) is 0 Å². The monoisotopic (exact) mass is 326 g/mol. The van der Waals surface area contributed by atoms with Crippen LogP contribution in [0.5, 0.6) is 0 Å². The molecule has 1 unspecified atom stereocenters. The van der Waals surface area contributed by atoms with Crippen LogP contribution in [0.15, 0.2) is 36.4 Å². The summed E-state index contributed by atoms with van der Waals surface area (Å²) in [5, 5.41) is 0. The molecule has 0 aromatic rings. The van der Waals surface area contributed by atoms with Crippen molar-refractivity contribution in [3.63, 3.8) is 0 Å². The maximum Gasteiger partial charge on any atom is 0.311 e. The van der Waals surface area contributed by atoms with E-state index >= 15 is 0 Å². The van der Waals surface area contributed by atoms with Crippen LogP contribution in [-0.4, -0.2) is 5.97 Å². The van der Waals surface area contributed by atoms with Gasteiger partial charge < -0.3 is 4.74 Å². The Labute approximate surface area is 146 Å². The number of ether oxygens (including phenoxy) is 1. The Kier molecular flexibility index (Phi) is 5.69. The average molecular weight is 326 g/mol. The molecule has 2 rings (SSSR count). The zero-order valence-electron chi connectivity index (χ0n) is 15.8. The maximum atomic E-state index is 12.4. The third kappa shape index (κ3) is 4.17. The predicted molar refractivity (Wildman–Crippen MR) is 100 cm³/mol. The number of carbonyl (C=O) groups excluding carboxylic acids is 1. The summed E-state index contributed by atoms with van der Waals surface area (Å²) in [6.07, 6.45) is 1.59. The van der Waals surface area contributed by atoms with Crippen LogP contribution in [0.25, 0.3) is 11.1 Å². The molecule has 0 bridgehead atoms. The van der Waals surface area contributed by atoms with E-state index in [1.807, 2.05) is 26.8 Å². The normalized spacial score (nSPS) is 13.3. The molecule has 0 spiro atoms. The highest BCUT2D eigenvalue weighted by molar-refractivity contribution is 5.77. The molecule has 0 aromatic carbocycles. The van der Waals surface area contributed by atoms with Crippen molar-refractivity contribution in [1.82, 2.24) is 0 Å². The summed E-state index contributed by atoms with van der Waals surface area (Å²) in [5.74, 6) is 0.442. The molecule has 0 radical (unpaired) electrons. The summed E-state index contributed by atoms with van der Waals surface area (Å²) in [4.78, 5) is 12.4. The zero-order chi connectivity index (χ0) is 17.9. The number of hydrogen-bond donors (Lipinski definition) is 0. The van der Waals surface area contributed by atoms with Gasteiger partial charge in [0.15, 0.2) is 0 Å². The zero-order valence-corrected chi connectivity index (χ0v) is 15.8. The van der Waals surface area contributed by atoms with Gasteiger partial charge in [-0.25, -0.2) is 0 Å². The Hall–Kier alpha value is -1.83. The van der Waals surface area contributed by atoms with E-state index < -0.39 is 5.41 Å². The smallest absolute Gasteiger partial charge is 0.311 e. The minimum Gasteiger partial charge on any atom is -0.457 e. The molecular formula is C22H30O2. The Morgan fingerprint density at radius 3 is 2.33 bits per heavy atom. The van der Waals surface area contributed by atoms with Gasteiger partial charge in [-0.2, -0.15) is 0 Å². The molecule has 0 N–H and O–H groups in total. The van der Waals surface area contributed by atoms with Crippen LogP contribution in [-0.2, 0) is 16.0 Å². The fraction of sp³-hybridized carbons (Fsp3) is 0.500. The summed E-state index contributed by atoms with van der Waals surface area (Å²) >= 11 is 0. The van der Waals surface area contributed by atoms with Crippen LogP contribution in [0.4, 0.5) is 0 Å². The van der Waals surface area contributed by atoms with Gasteiger partial charge in [-0.05, 0) is 56.2 Å². The van der Waals surface area contributed by atoms with Crippen molar-refractivity contribution in [2.45, 2.75) is 60.5 Å². The lowest BCUT2D eigenvalue weighted by Gasteiger charge is -2.24. The molecule has 2 aliphatic rings. The van der Waals surface area contributed by atoms with Gasteiger partial charge in [-0.1, -0.05) is 57.2 Å². The van der Waals surface area contributed by atoms with E-state index in [1.54, 1.807) is 0 Å². The molecule has 0 aliphatic heterocycles. The Bertz CT molecular complexity index is 664. The lowest BCUT2D eigenvalue weighted by atomic mass is 9.93. The second-order valence-electron chi connectivity index (χ2n) is 8.01. The van der Waals surface area contributed by atoms with E-state index in [9.17, 15) is 4.79 Å². The first-order valence-corrected chi connectivity index (χ1v) is 8.95. The Balaban J connectivity index is 2.47. The highest BCUT2D eigenvalue weighted by Gasteiger charge is 2.28. The van der Waals surface area contributed by atoms with Crippen molar-refractivity contribution in [3.05, 3.63) is 47.5 Å². The van der Waals surface area contributed by atoms with Gasteiger partial charge in [-0.15, -0.1) is 0 Å². The van der Waals surface area contributed by atoms with Gasteiger partial charge in [-0.3, -0.25) is 4.79 Å². The lowest BCUT2D eigenvalue weighted by Crippen LogP contribution is -2.25. The van der Waals surface area contributed by atoms with Gasteiger partial charge in [0.05, 0.1) is 5.41 Å². The molecule has 2 heteroatoms. The first kappa shape index (κ1) is 18.5. The van der Waals surface area contributed by atoms with Crippen LogP contribution in [0, 0.1) is 11.3 Å². The summed E-state index contributed by atoms with van der Waals surface area (Å²) in [5.41, 5.74) is 4.45. The van der Waals surface area contributed by atoms with Crippen molar-refractivity contribution >= 4 is 5.97 Å². The van der Waals surface area contributed by atoms with Crippen LogP contribution in [0.1, 0.15) is 65.2 Å². The molecule has 130 valence electrons. The standard InChI is InChI=1S/C22H30O2/c1-7-19(24-21(23)22(4,5)6)18-11-9-8-10-16-12-13-17(20(16)18)14-15(2)3/h8-13,15,19H,7,14H2,1-6H3. The Morgan fingerprint density at radius 1 is 1.08 bits per heavy atom. The van der Waals surface area contributed by atoms with E-state index in [1.165, 1.54) is 16.7 Å². The van der Waals surface area contributed by atoms with E-state index in [2.05, 4.69) is 51.1 Å². The van der Waals surface area contributed by atoms with Crippen molar-refractivity contribution in [3.8, 4) is 11.1 Å². The number of rotatable bonds is 5. The lowest BCUT2D eigenvalue weighted by molar-refractivity contribution is -0.159. The summed E-state index contributed by atoms with van der Waals surface area (Å²) in [7, 11) is 0. The molecule has 0 heterocycles. The third-order valence-corrected chi connectivity index (χ3v) is 4.23. The topological polar surface area (TPSA) is 26.3 Å². The minimum absolute atomic E-state index is 0.147. The number of carbonyl (C=O) groups is 1. The molecule has 0 fully saturated rings. The second-order valence-corrected chi connectivity index (χ2v) is 8.01. The van der Waals surface area contributed by atoms with E-state index in [0.717, 1.165) is 18.4 Å². The van der Waals surface area contributed by atoms with E-state index in [0.29, 0.717) is 5.92 Å². The van der Waals surface area contributed by atoms with Crippen molar-refractivity contribution in [2.24, 2.45) is 11.3 Å². The molecule has 0 saturated carbocycles. The molecule has 0 saturated heterocycles. The van der Waals surface area contributed by atoms with Gasteiger partial charge in [0, 0.05) is 5.56 Å². The van der Waals surface area contributed by atoms with Crippen LogP contribution >= 0.6 is 0 Å². The van der Waals surface area contributed by atoms with Crippen molar-refractivity contribution in [2.75, 3.05) is 0 Å². The maximum absolute atomic E-state index is 12.4. The largest absolute Gasteiger partial charge is 0.457 e. The van der Waals surface area contributed by atoms with Gasteiger partial charge in [0.1, 0.15) is 6.10 Å². The van der Waals surface area contributed by atoms with Crippen LogP contribution in [0.3, 0.4) is 0 Å². The highest BCUT2D eigenvalue weighted by Crippen LogP contribution is 2.38. The molecular weight excluding hydrogens is 296 g/mol. The van der Waals surface area contributed by atoms with Crippen LogP contribution < -0.4 is 0 Å². The number of fused-ring (bicyclic) bond motifs is 1. The molecule has 2 aliphatic carbocycles. The summed E-state index contributed by atoms with van der Waals surface area (Å²) < 4.78 is 5.89. The second kappa shape index (κ2) is 7.38. The first-order valence-electron chi connectivity index (χ1n) is 8.95. The van der Waals surface area contributed by atoms with E-state index in [-0.39, 0.29) is 12.1 Å². The molecule has 1 atom stereocenters. The molecule has 0 aromatic heterocycles. The van der Waals surface area contributed by atoms with Crippen LogP contribution in [0.2, 0.25) is 0 Å². The minimum atomic E-state index is -0.490. The molecule has 0 amide bonds. The van der Waals surface area contributed by atoms with Gasteiger partial charge in [0.25, 0.3) is 0 Å². The number of hydrogen-bond acceptors (Lipinski definition) is 2. The fourth-order valence-corrected chi connectivity index (χ4v) is 2.99. The third-order valence-electron chi connectivity index (χ3n) is 4.23. The Morgan fingerprint density at radius 2 is 1.75 bits per heavy atom. The molecule has 2 nitrogen and oxygen atoms in total.